The summed E-state index contributed by atoms with van der Waals surface area (Å²) in [5.41, 5.74) is -0.754. The van der Waals surface area contributed by atoms with Gasteiger partial charge in [-0.3, -0.25) is 0 Å². The smallest absolute Gasteiger partial charge is 0.187 e. The molecule has 0 aromatic heterocycles. The zero-order valence-electron chi connectivity index (χ0n) is 34.0. The fraction of sp³-hybridized carbons (Fsp3) is 0.905. The molecule has 6 rings (SSSR count). The quantitative estimate of drug-likeness (QED) is 0.121. The van der Waals surface area contributed by atoms with Crippen LogP contribution < -0.4 is 0 Å². The van der Waals surface area contributed by atoms with Crippen LogP contribution in [0.5, 0.6) is 0 Å². The molecule has 0 aromatic carbocycles. The molecule has 2 aliphatic heterocycles. The van der Waals surface area contributed by atoms with Crippen LogP contribution in [0.25, 0.3) is 0 Å². The summed E-state index contributed by atoms with van der Waals surface area (Å²) in [7, 11) is 0. The maximum absolute atomic E-state index is 12.2. The molecule has 2 saturated heterocycles. The highest BCUT2D eigenvalue weighted by Crippen LogP contribution is 2.76. The van der Waals surface area contributed by atoms with E-state index in [9.17, 15) is 46.0 Å². The molecule has 4 aliphatic carbocycles. The van der Waals surface area contributed by atoms with Crippen molar-refractivity contribution >= 4 is 0 Å². The van der Waals surface area contributed by atoms with E-state index in [1.54, 1.807) is 0 Å². The van der Waals surface area contributed by atoms with Gasteiger partial charge in [0.25, 0.3) is 0 Å². The number of fused-ring (bicyclic) bond motifs is 5. The van der Waals surface area contributed by atoms with Gasteiger partial charge in [0, 0.05) is 0 Å². The van der Waals surface area contributed by atoms with Crippen LogP contribution in [-0.2, 0) is 18.9 Å². The highest BCUT2D eigenvalue weighted by atomic mass is 16.8. The zero-order valence-corrected chi connectivity index (χ0v) is 34.0. The maximum Gasteiger partial charge on any atom is 0.187 e. The third-order valence-corrected chi connectivity index (χ3v) is 16.2. The summed E-state index contributed by atoms with van der Waals surface area (Å²) in [5, 5.41) is 97.3. The Bertz CT molecular complexity index is 1410. The summed E-state index contributed by atoms with van der Waals surface area (Å²) in [6, 6.07) is 0. The summed E-state index contributed by atoms with van der Waals surface area (Å²) >= 11 is 0. The normalized spacial score (nSPS) is 52.2. The van der Waals surface area contributed by atoms with Gasteiger partial charge in [-0.15, -0.1) is 0 Å². The predicted molar refractivity (Wildman–Crippen MR) is 201 cm³/mol. The topological polar surface area (TPSA) is 219 Å². The van der Waals surface area contributed by atoms with Gasteiger partial charge in [-0.25, -0.2) is 0 Å². The van der Waals surface area contributed by atoms with E-state index in [0.717, 1.165) is 37.7 Å². The third kappa shape index (κ3) is 7.12. The minimum atomic E-state index is -1.76. The van der Waals surface area contributed by atoms with Crippen molar-refractivity contribution in [3.05, 3.63) is 23.8 Å². The van der Waals surface area contributed by atoms with Crippen molar-refractivity contribution in [3.8, 4) is 0 Å². The highest BCUT2D eigenvalue weighted by molar-refractivity contribution is 5.22. The number of ether oxygens (including phenoxy) is 4. The van der Waals surface area contributed by atoms with Crippen molar-refractivity contribution in [2.75, 3.05) is 13.2 Å². The molecule has 13 heteroatoms. The van der Waals surface area contributed by atoms with Gasteiger partial charge in [0.15, 0.2) is 12.6 Å². The van der Waals surface area contributed by atoms with Crippen LogP contribution in [0.3, 0.4) is 0 Å². The van der Waals surface area contributed by atoms with E-state index >= 15 is 0 Å². The molecule has 20 atom stereocenters. The molecule has 13 nitrogen and oxygen atoms in total. The molecular weight excluding hydrogens is 712 g/mol. The SMILES string of the molecule is CC(C)=C/C=C/[C@](C)(O)[C@H]1CC[C@]2(C)[C@@H]1[C@H](O)C[C@@H]1[C@@]3(C)CC[C@H](O[C@@H]4O[C@H](CO)[C@@H](O)[C@H](O)[C@H]4O[C@@H]4O[C@H](CO)[C@@H](O)[C@H](O)[C@H]4O)C(C)(C)[C@@H]3CC[C@]12C. The van der Waals surface area contributed by atoms with Crippen molar-refractivity contribution in [2.24, 2.45) is 45.3 Å². The summed E-state index contributed by atoms with van der Waals surface area (Å²) < 4.78 is 24.3. The van der Waals surface area contributed by atoms with Crippen LogP contribution in [-0.4, -0.2) is 138 Å². The van der Waals surface area contributed by atoms with E-state index in [1.807, 2.05) is 39.0 Å². The van der Waals surface area contributed by atoms with E-state index in [1.165, 1.54) is 0 Å². The van der Waals surface area contributed by atoms with Crippen molar-refractivity contribution in [1.82, 2.24) is 0 Å². The number of allylic oxidation sites excluding steroid dienone is 3. The van der Waals surface area contributed by atoms with E-state index < -0.39 is 97.8 Å². The lowest BCUT2D eigenvalue weighted by atomic mass is 9.35. The van der Waals surface area contributed by atoms with Gasteiger partial charge < -0.3 is 64.9 Å². The molecule has 0 unspecified atom stereocenters. The molecule has 4 saturated carbocycles. The number of aliphatic hydroxyl groups is 9. The van der Waals surface area contributed by atoms with Crippen molar-refractivity contribution in [2.45, 2.75) is 180 Å². The number of hydrogen-bond acceptors (Lipinski definition) is 13. The van der Waals surface area contributed by atoms with Gasteiger partial charge in [-0.05, 0) is 111 Å². The molecule has 0 amide bonds. The Morgan fingerprint density at radius 2 is 1.33 bits per heavy atom. The highest BCUT2D eigenvalue weighted by Gasteiger charge is 2.71. The molecule has 0 radical (unpaired) electrons. The first kappa shape index (κ1) is 43.5. The van der Waals surface area contributed by atoms with Crippen LogP contribution in [0.15, 0.2) is 23.8 Å². The Balaban J connectivity index is 1.24. The number of aliphatic hydroxyl groups excluding tert-OH is 8. The lowest BCUT2D eigenvalue weighted by Crippen LogP contribution is -2.67. The second kappa shape index (κ2) is 15.5. The minimum Gasteiger partial charge on any atom is -0.394 e. The summed E-state index contributed by atoms with van der Waals surface area (Å²) in [6.45, 7) is 16.2. The monoisotopic (exact) mass is 782 g/mol. The van der Waals surface area contributed by atoms with Gasteiger partial charge in [-0.1, -0.05) is 58.4 Å². The first-order valence-electron chi connectivity index (χ1n) is 20.6. The molecule has 2 heterocycles. The second-order valence-corrected chi connectivity index (χ2v) is 19.8. The van der Waals surface area contributed by atoms with Gasteiger partial charge in [0.2, 0.25) is 0 Å². The van der Waals surface area contributed by atoms with Gasteiger partial charge in [-0.2, -0.15) is 0 Å². The van der Waals surface area contributed by atoms with Crippen LogP contribution in [0.4, 0.5) is 0 Å². The van der Waals surface area contributed by atoms with E-state index in [-0.39, 0.29) is 39.9 Å². The zero-order chi connectivity index (χ0) is 40.6. The fourth-order valence-electron chi connectivity index (χ4n) is 13.0. The van der Waals surface area contributed by atoms with Gasteiger partial charge in [0.05, 0.1) is 31.0 Å². The largest absolute Gasteiger partial charge is 0.394 e. The summed E-state index contributed by atoms with van der Waals surface area (Å²) in [5.74, 6) is 0.278. The molecular formula is C42H70O13. The molecule has 0 spiro atoms. The molecule has 9 N–H and O–H groups in total. The van der Waals surface area contributed by atoms with Gasteiger partial charge >= 0.3 is 0 Å². The molecule has 316 valence electrons. The average molecular weight is 783 g/mol. The summed E-state index contributed by atoms with van der Waals surface area (Å²) in [6.07, 6.45) is -4.55. The van der Waals surface area contributed by atoms with Crippen LogP contribution in [0, 0.1) is 45.3 Å². The van der Waals surface area contributed by atoms with Gasteiger partial charge in [0.1, 0.15) is 48.8 Å². The molecule has 6 fully saturated rings. The molecule has 0 bridgehead atoms. The number of rotatable bonds is 9. The maximum atomic E-state index is 12.2. The van der Waals surface area contributed by atoms with Crippen molar-refractivity contribution < 1.29 is 64.9 Å². The lowest BCUT2D eigenvalue weighted by molar-refractivity contribution is -0.378. The first-order chi connectivity index (χ1) is 25.6. The Hall–Kier alpha value is -1.04. The van der Waals surface area contributed by atoms with Crippen LogP contribution >= 0.6 is 0 Å². The minimum absolute atomic E-state index is 0.0433. The third-order valence-electron chi connectivity index (χ3n) is 16.2. The summed E-state index contributed by atoms with van der Waals surface area (Å²) in [4.78, 5) is 0. The second-order valence-electron chi connectivity index (χ2n) is 19.8. The molecule has 0 aromatic rings. The Kier molecular flexibility index (Phi) is 12.3. The number of hydrogen-bond donors (Lipinski definition) is 9. The van der Waals surface area contributed by atoms with Crippen LogP contribution in [0.1, 0.15) is 100 Å². The predicted octanol–water partition coefficient (Wildman–Crippen LogP) is 1.93. The Labute approximate surface area is 326 Å². The molecule has 6 aliphatic rings. The standard InChI is InChI=1S/C42H70O13/c1-21(2)10-9-14-42(8,51)22-11-16-41(7)29(22)23(45)18-27-39(5)15-13-28(38(3,4)26(39)12-17-40(27,41)6)54-37-35(33(49)31(47)25(20-44)53-37)55-36-34(50)32(48)30(46)24(19-43)52-36/h9-10,14,22-37,43-51H,11-13,15-20H2,1-8H3/b14-9+/t22-,23+,24+,25+,26-,27+,28-,29-,30+,31+,32-,33-,34+,35+,36-,37-,39-,40+,41+,42-/m0/s1. The molecule has 55 heavy (non-hydrogen) atoms. The average Bonchev–Trinajstić information content (AvgIpc) is 3.50. The Morgan fingerprint density at radius 1 is 0.727 bits per heavy atom. The Morgan fingerprint density at radius 3 is 1.95 bits per heavy atom. The van der Waals surface area contributed by atoms with Crippen LogP contribution in [0.2, 0.25) is 0 Å². The van der Waals surface area contributed by atoms with Crippen molar-refractivity contribution in [3.63, 3.8) is 0 Å². The first-order valence-corrected chi connectivity index (χ1v) is 20.6. The van der Waals surface area contributed by atoms with E-state index in [2.05, 4.69) is 34.6 Å². The fourth-order valence-corrected chi connectivity index (χ4v) is 13.0. The van der Waals surface area contributed by atoms with E-state index in [0.29, 0.717) is 12.8 Å². The van der Waals surface area contributed by atoms with E-state index in [4.69, 9.17) is 18.9 Å². The van der Waals surface area contributed by atoms with Crippen molar-refractivity contribution in [1.29, 1.82) is 0 Å². The lowest BCUT2D eigenvalue weighted by Gasteiger charge is -2.70.